The molecule has 0 saturated heterocycles. The van der Waals surface area contributed by atoms with Gasteiger partial charge in [-0.05, 0) is 67.1 Å². The third-order valence-corrected chi connectivity index (χ3v) is 4.42. The number of halogens is 1. The fourth-order valence-corrected chi connectivity index (χ4v) is 2.78. The molecular formula is C24H23FN2O4. The topological polar surface area (TPSA) is 76.7 Å². The zero-order valence-electron chi connectivity index (χ0n) is 17.1. The van der Waals surface area contributed by atoms with Crippen LogP contribution in [0.1, 0.15) is 23.2 Å². The van der Waals surface area contributed by atoms with E-state index in [-0.39, 0.29) is 30.6 Å². The second kappa shape index (κ2) is 10.8. The highest BCUT2D eigenvalue weighted by Gasteiger charge is 2.08. The van der Waals surface area contributed by atoms with E-state index in [0.29, 0.717) is 29.1 Å². The van der Waals surface area contributed by atoms with Crippen LogP contribution in [0.2, 0.25) is 0 Å². The number of rotatable bonds is 9. The Bertz CT molecular complexity index is 1020. The van der Waals surface area contributed by atoms with Gasteiger partial charge in [0.2, 0.25) is 5.91 Å². The minimum absolute atomic E-state index is 0.173. The lowest BCUT2D eigenvalue weighted by Gasteiger charge is -2.09. The Morgan fingerprint density at radius 1 is 0.871 bits per heavy atom. The van der Waals surface area contributed by atoms with Gasteiger partial charge in [-0.15, -0.1) is 0 Å². The molecule has 0 aliphatic carbocycles. The second-order valence-corrected chi connectivity index (χ2v) is 6.69. The predicted molar refractivity (Wildman–Crippen MR) is 117 cm³/mol. The molecule has 0 fully saturated rings. The molecule has 2 N–H and O–H groups in total. The van der Waals surface area contributed by atoms with E-state index in [0.717, 1.165) is 0 Å². The molecule has 0 heterocycles. The van der Waals surface area contributed by atoms with Gasteiger partial charge in [0.1, 0.15) is 5.75 Å². The summed E-state index contributed by atoms with van der Waals surface area (Å²) in [6.45, 7) is 0.235. The van der Waals surface area contributed by atoms with E-state index < -0.39 is 5.82 Å². The smallest absolute Gasteiger partial charge is 0.255 e. The molecule has 0 spiro atoms. The largest absolute Gasteiger partial charge is 0.497 e. The van der Waals surface area contributed by atoms with Gasteiger partial charge >= 0.3 is 0 Å². The maximum Gasteiger partial charge on any atom is 0.255 e. The standard InChI is InChI=1S/C24H23FN2O4/c1-30-20-14-12-19(13-15-20)27-24(29)17-8-10-18(11-9-17)26-23(28)7-4-16-31-22-6-3-2-5-21(22)25/h2-3,5-6,8-15H,4,7,16H2,1H3,(H,26,28)(H,27,29). The Morgan fingerprint density at radius 2 is 1.52 bits per heavy atom. The molecule has 6 nitrogen and oxygen atoms in total. The Labute approximate surface area is 180 Å². The van der Waals surface area contributed by atoms with Gasteiger partial charge in [0.15, 0.2) is 11.6 Å². The maximum atomic E-state index is 13.5. The van der Waals surface area contributed by atoms with Crippen molar-refractivity contribution in [3.63, 3.8) is 0 Å². The molecule has 2 amide bonds. The summed E-state index contributed by atoms with van der Waals surface area (Å²) >= 11 is 0. The van der Waals surface area contributed by atoms with Gasteiger partial charge in [-0.2, -0.15) is 0 Å². The number of carbonyl (C=O) groups is 2. The molecular weight excluding hydrogens is 399 g/mol. The first-order valence-electron chi connectivity index (χ1n) is 9.78. The summed E-state index contributed by atoms with van der Waals surface area (Å²) < 4.78 is 23.9. The maximum absolute atomic E-state index is 13.5. The molecule has 0 radical (unpaired) electrons. The van der Waals surface area contributed by atoms with E-state index in [4.69, 9.17) is 9.47 Å². The summed E-state index contributed by atoms with van der Waals surface area (Å²) in [5, 5.41) is 5.57. The second-order valence-electron chi connectivity index (χ2n) is 6.69. The molecule has 0 atom stereocenters. The van der Waals surface area contributed by atoms with E-state index in [1.54, 1.807) is 73.8 Å². The number of para-hydroxylation sites is 1. The average Bonchev–Trinajstić information content (AvgIpc) is 2.79. The lowest BCUT2D eigenvalue weighted by molar-refractivity contribution is -0.116. The molecule has 7 heteroatoms. The van der Waals surface area contributed by atoms with Crippen molar-refractivity contribution in [3.05, 3.63) is 84.2 Å². The fourth-order valence-electron chi connectivity index (χ4n) is 2.78. The van der Waals surface area contributed by atoms with Crippen molar-refractivity contribution in [2.24, 2.45) is 0 Å². The molecule has 3 aromatic carbocycles. The summed E-state index contributed by atoms with van der Waals surface area (Å²) in [7, 11) is 1.58. The summed E-state index contributed by atoms with van der Waals surface area (Å²) in [6.07, 6.45) is 0.677. The first-order chi connectivity index (χ1) is 15.0. The molecule has 0 bridgehead atoms. The Balaban J connectivity index is 1.43. The van der Waals surface area contributed by atoms with Crippen molar-refractivity contribution in [1.82, 2.24) is 0 Å². The monoisotopic (exact) mass is 422 g/mol. The Kier molecular flexibility index (Phi) is 7.59. The number of methoxy groups -OCH3 is 1. The van der Waals surface area contributed by atoms with Crippen molar-refractivity contribution >= 4 is 23.2 Å². The van der Waals surface area contributed by atoms with Crippen LogP contribution >= 0.6 is 0 Å². The van der Waals surface area contributed by atoms with Gasteiger partial charge in [0.25, 0.3) is 5.91 Å². The third kappa shape index (κ3) is 6.57. The average molecular weight is 422 g/mol. The fraction of sp³-hybridized carbons (Fsp3) is 0.167. The van der Waals surface area contributed by atoms with Crippen LogP contribution in [0.15, 0.2) is 72.8 Å². The molecule has 31 heavy (non-hydrogen) atoms. The minimum Gasteiger partial charge on any atom is -0.497 e. The predicted octanol–water partition coefficient (Wildman–Crippen LogP) is 4.88. The van der Waals surface area contributed by atoms with Crippen LogP contribution in [0.25, 0.3) is 0 Å². The van der Waals surface area contributed by atoms with Gasteiger partial charge in [0.05, 0.1) is 13.7 Å². The molecule has 3 aromatic rings. The highest BCUT2D eigenvalue weighted by atomic mass is 19.1. The van der Waals surface area contributed by atoms with E-state index in [1.807, 2.05) is 0 Å². The zero-order valence-corrected chi connectivity index (χ0v) is 17.1. The van der Waals surface area contributed by atoms with Gasteiger partial charge in [-0.1, -0.05) is 12.1 Å². The van der Waals surface area contributed by atoms with Crippen LogP contribution < -0.4 is 20.1 Å². The molecule has 0 unspecified atom stereocenters. The highest BCUT2D eigenvalue weighted by molar-refractivity contribution is 6.04. The molecule has 160 valence electrons. The first kappa shape index (κ1) is 21.8. The lowest BCUT2D eigenvalue weighted by Crippen LogP contribution is -2.14. The SMILES string of the molecule is COc1ccc(NC(=O)c2ccc(NC(=O)CCCOc3ccccc3F)cc2)cc1. The number of hydrogen-bond acceptors (Lipinski definition) is 4. The minimum atomic E-state index is -0.428. The third-order valence-electron chi connectivity index (χ3n) is 4.42. The van der Waals surface area contributed by atoms with Crippen molar-refractivity contribution < 1.29 is 23.5 Å². The Hall–Kier alpha value is -3.87. The van der Waals surface area contributed by atoms with Crippen LogP contribution in [0, 0.1) is 5.82 Å². The number of benzene rings is 3. The van der Waals surface area contributed by atoms with Crippen molar-refractivity contribution in [2.75, 3.05) is 24.4 Å². The molecule has 3 rings (SSSR count). The van der Waals surface area contributed by atoms with E-state index in [1.165, 1.54) is 6.07 Å². The highest BCUT2D eigenvalue weighted by Crippen LogP contribution is 2.18. The van der Waals surface area contributed by atoms with Crippen LogP contribution in [-0.4, -0.2) is 25.5 Å². The summed E-state index contributed by atoms with van der Waals surface area (Å²) in [4.78, 5) is 24.4. The zero-order chi connectivity index (χ0) is 22.1. The number of anilines is 2. The molecule has 0 saturated carbocycles. The summed E-state index contributed by atoms with van der Waals surface area (Å²) in [5.74, 6) is 0.00673. The number of hydrogen-bond donors (Lipinski definition) is 2. The number of carbonyl (C=O) groups excluding carboxylic acids is 2. The van der Waals surface area contributed by atoms with Crippen LogP contribution in [-0.2, 0) is 4.79 Å². The van der Waals surface area contributed by atoms with E-state index in [9.17, 15) is 14.0 Å². The van der Waals surface area contributed by atoms with Crippen molar-refractivity contribution in [2.45, 2.75) is 12.8 Å². The summed E-state index contributed by atoms with van der Waals surface area (Å²) in [5.41, 5.74) is 1.70. The normalized spacial score (nSPS) is 10.3. The van der Waals surface area contributed by atoms with Crippen molar-refractivity contribution in [3.8, 4) is 11.5 Å². The number of amides is 2. The molecule has 0 aliphatic heterocycles. The molecule has 0 aromatic heterocycles. The van der Waals surface area contributed by atoms with Crippen molar-refractivity contribution in [1.29, 1.82) is 0 Å². The molecule has 0 aliphatic rings. The lowest BCUT2D eigenvalue weighted by atomic mass is 10.2. The van der Waals surface area contributed by atoms with Gasteiger partial charge in [-0.25, -0.2) is 4.39 Å². The number of ether oxygens (including phenoxy) is 2. The van der Waals surface area contributed by atoms with Crippen LogP contribution in [0.3, 0.4) is 0 Å². The van der Waals surface area contributed by atoms with Gasteiger partial charge in [-0.3, -0.25) is 9.59 Å². The number of nitrogens with one attached hydrogen (secondary N) is 2. The van der Waals surface area contributed by atoms with Gasteiger partial charge in [0, 0.05) is 23.4 Å². The van der Waals surface area contributed by atoms with E-state index >= 15 is 0 Å². The summed E-state index contributed by atoms with van der Waals surface area (Å²) in [6, 6.07) is 19.8. The Morgan fingerprint density at radius 3 is 2.19 bits per heavy atom. The quantitative estimate of drug-likeness (QED) is 0.482. The van der Waals surface area contributed by atoms with Crippen LogP contribution in [0.4, 0.5) is 15.8 Å². The van der Waals surface area contributed by atoms with Crippen LogP contribution in [0.5, 0.6) is 11.5 Å². The van der Waals surface area contributed by atoms with Gasteiger partial charge < -0.3 is 20.1 Å². The first-order valence-corrected chi connectivity index (χ1v) is 9.78. The van der Waals surface area contributed by atoms with E-state index in [2.05, 4.69) is 10.6 Å².